The molecule has 0 saturated carbocycles. The minimum Gasteiger partial charge on any atom is -0.493 e. The Hall–Kier alpha value is -2.50. The largest absolute Gasteiger partial charge is 0.493 e. The smallest absolute Gasteiger partial charge is 0.382 e. The molecule has 118 valence electrons. The monoisotopic (exact) mass is 298 g/mol. The van der Waals surface area contributed by atoms with Gasteiger partial charge in [0.25, 0.3) is 5.78 Å². The molecule has 6 nitrogen and oxygen atoms in total. The van der Waals surface area contributed by atoms with Crippen molar-refractivity contribution < 1.29 is 28.5 Å². The van der Waals surface area contributed by atoms with E-state index in [-0.39, 0.29) is 27.2 Å². The third-order valence-corrected chi connectivity index (χ3v) is 2.21. The van der Waals surface area contributed by atoms with Crippen molar-refractivity contribution in [2.24, 2.45) is 0 Å². The van der Waals surface area contributed by atoms with E-state index in [2.05, 4.69) is 16.1 Å². The van der Waals surface area contributed by atoms with Crippen molar-refractivity contribution >= 4 is 11.8 Å². The second-order valence-corrected chi connectivity index (χ2v) is 3.28. The molecule has 0 unspecified atom stereocenters. The number of methoxy groups -OCH3 is 2. The molecule has 0 radical (unpaired) electrons. The fraction of sp³-hybridized carbons (Fsp3) is 0.333. The minimum absolute atomic E-state index is 0. The molecule has 0 N–H and O–H groups in total. The van der Waals surface area contributed by atoms with Crippen LogP contribution in [-0.4, -0.2) is 32.8 Å². The molecule has 0 aliphatic heterocycles. The van der Waals surface area contributed by atoms with E-state index in [1.54, 1.807) is 0 Å². The Kier molecular flexibility index (Phi) is 10.2. The van der Waals surface area contributed by atoms with Crippen LogP contribution in [0.1, 0.15) is 25.2 Å². The lowest BCUT2D eigenvalue weighted by Gasteiger charge is -2.08. The van der Waals surface area contributed by atoms with Gasteiger partial charge in [-0.1, -0.05) is 21.4 Å². The number of hydrogen-bond donors (Lipinski definition) is 0. The molecule has 1 aromatic carbocycles. The van der Waals surface area contributed by atoms with Gasteiger partial charge in [-0.05, 0) is 18.2 Å². The summed E-state index contributed by atoms with van der Waals surface area (Å²) < 4.78 is 19.2. The lowest BCUT2D eigenvalue weighted by atomic mass is 10.1. The van der Waals surface area contributed by atoms with Crippen LogP contribution in [0.5, 0.6) is 11.5 Å². The van der Waals surface area contributed by atoms with Crippen LogP contribution < -0.4 is 9.47 Å². The Morgan fingerprint density at radius 3 is 2.29 bits per heavy atom. The van der Waals surface area contributed by atoms with Gasteiger partial charge in [0.1, 0.15) is 0 Å². The standard InChI is InChI=1S/C13H14O6.2CH4/c1-4-18-8-19-13(15)12(14)9-5-6-10(16-2)11(7-9)17-3;;/h4-7H,1,8H2,2-3H3;2*1H4. The SMILES string of the molecule is C.C.C=COCOC(=O)C(=O)c1ccc(OC)c(OC)c1. The van der Waals surface area contributed by atoms with Crippen LogP contribution in [0.2, 0.25) is 0 Å². The number of hydrogen-bond acceptors (Lipinski definition) is 6. The molecule has 0 aliphatic rings. The van der Waals surface area contributed by atoms with Crippen molar-refractivity contribution in [1.29, 1.82) is 0 Å². The molecule has 0 saturated heterocycles. The molecule has 0 spiro atoms. The second kappa shape index (κ2) is 10.3. The van der Waals surface area contributed by atoms with E-state index in [0.717, 1.165) is 6.26 Å². The van der Waals surface area contributed by atoms with Crippen molar-refractivity contribution in [3.05, 3.63) is 36.6 Å². The Balaban J connectivity index is 0. The highest BCUT2D eigenvalue weighted by molar-refractivity contribution is 6.40. The van der Waals surface area contributed by atoms with Crippen LogP contribution >= 0.6 is 0 Å². The summed E-state index contributed by atoms with van der Waals surface area (Å²) in [5, 5.41) is 0. The van der Waals surface area contributed by atoms with Gasteiger partial charge in [0, 0.05) is 5.56 Å². The number of carbonyl (C=O) groups excluding carboxylic acids is 2. The Morgan fingerprint density at radius 2 is 1.76 bits per heavy atom. The van der Waals surface area contributed by atoms with Crippen LogP contribution in [0.4, 0.5) is 0 Å². The molecule has 0 bridgehead atoms. The van der Waals surface area contributed by atoms with Gasteiger partial charge in [-0.2, -0.15) is 0 Å². The van der Waals surface area contributed by atoms with Crippen LogP contribution in [0.25, 0.3) is 0 Å². The van der Waals surface area contributed by atoms with E-state index in [1.807, 2.05) is 0 Å². The van der Waals surface area contributed by atoms with Crippen LogP contribution in [0.15, 0.2) is 31.0 Å². The molecule has 0 amide bonds. The molecular formula is C15H22O6. The van der Waals surface area contributed by atoms with E-state index < -0.39 is 11.8 Å². The zero-order chi connectivity index (χ0) is 14.3. The quantitative estimate of drug-likeness (QED) is 0.192. The molecule has 1 rings (SSSR count). The summed E-state index contributed by atoms with van der Waals surface area (Å²) in [5.41, 5.74) is 0.140. The molecule has 0 atom stereocenters. The van der Waals surface area contributed by atoms with Crippen molar-refractivity contribution in [2.45, 2.75) is 14.9 Å². The van der Waals surface area contributed by atoms with Crippen LogP contribution in [0, 0.1) is 0 Å². The highest BCUT2D eigenvalue weighted by Crippen LogP contribution is 2.27. The maximum atomic E-state index is 11.8. The van der Waals surface area contributed by atoms with E-state index in [4.69, 9.17) is 9.47 Å². The number of ether oxygens (including phenoxy) is 4. The zero-order valence-electron chi connectivity index (χ0n) is 10.7. The van der Waals surface area contributed by atoms with Gasteiger partial charge in [0.05, 0.1) is 20.5 Å². The predicted molar refractivity (Wildman–Crippen MR) is 79.6 cm³/mol. The molecule has 0 aliphatic carbocycles. The molecule has 6 heteroatoms. The predicted octanol–water partition coefficient (Wildman–Crippen LogP) is 2.82. The highest BCUT2D eigenvalue weighted by Gasteiger charge is 2.19. The van der Waals surface area contributed by atoms with Crippen molar-refractivity contribution in [2.75, 3.05) is 21.0 Å². The summed E-state index contributed by atoms with van der Waals surface area (Å²) in [7, 11) is 2.91. The third-order valence-electron chi connectivity index (χ3n) is 2.21. The Morgan fingerprint density at radius 1 is 1.14 bits per heavy atom. The normalized spacial score (nSPS) is 8.48. The average molecular weight is 298 g/mol. The van der Waals surface area contributed by atoms with Gasteiger partial charge in [0.15, 0.2) is 11.5 Å². The van der Waals surface area contributed by atoms with Crippen molar-refractivity contribution in [3.63, 3.8) is 0 Å². The Bertz CT molecular complexity index is 481. The topological polar surface area (TPSA) is 71.1 Å². The van der Waals surface area contributed by atoms with Gasteiger partial charge >= 0.3 is 5.97 Å². The lowest BCUT2D eigenvalue weighted by Crippen LogP contribution is -2.18. The minimum atomic E-state index is -1.02. The molecule has 0 heterocycles. The van der Waals surface area contributed by atoms with E-state index in [0.29, 0.717) is 11.5 Å². The average Bonchev–Trinajstić information content (AvgIpc) is 2.45. The first-order valence-corrected chi connectivity index (χ1v) is 5.30. The summed E-state index contributed by atoms with van der Waals surface area (Å²) in [6.07, 6.45) is 1.11. The highest BCUT2D eigenvalue weighted by atomic mass is 16.7. The summed E-state index contributed by atoms with van der Waals surface area (Å²) >= 11 is 0. The number of carbonyl (C=O) groups is 2. The third kappa shape index (κ3) is 5.56. The molecule has 0 fully saturated rings. The van der Waals surface area contributed by atoms with Crippen LogP contribution in [-0.2, 0) is 14.3 Å². The number of Topliss-reactive ketones (excluding diaryl/α,β-unsaturated/α-hetero) is 1. The summed E-state index contributed by atoms with van der Waals surface area (Å²) in [6.45, 7) is 2.91. The van der Waals surface area contributed by atoms with Crippen molar-refractivity contribution in [3.8, 4) is 11.5 Å². The molecular weight excluding hydrogens is 276 g/mol. The number of rotatable bonds is 7. The van der Waals surface area contributed by atoms with E-state index in [9.17, 15) is 9.59 Å². The van der Waals surface area contributed by atoms with Crippen molar-refractivity contribution in [1.82, 2.24) is 0 Å². The van der Waals surface area contributed by atoms with Gasteiger partial charge in [0.2, 0.25) is 6.79 Å². The first-order chi connectivity index (χ1) is 9.13. The number of ketones is 1. The maximum absolute atomic E-state index is 11.8. The first-order valence-electron chi connectivity index (χ1n) is 5.30. The van der Waals surface area contributed by atoms with Crippen LogP contribution in [0.3, 0.4) is 0 Å². The number of esters is 1. The summed E-state index contributed by atoms with van der Waals surface area (Å²) in [4.78, 5) is 23.2. The fourth-order valence-corrected chi connectivity index (χ4v) is 1.30. The summed E-state index contributed by atoms with van der Waals surface area (Å²) in [6, 6.07) is 4.37. The first kappa shape index (κ1) is 20.8. The zero-order valence-corrected chi connectivity index (χ0v) is 10.7. The lowest BCUT2D eigenvalue weighted by molar-refractivity contribution is -0.146. The summed E-state index contributed by atoms with van der Waals surface area (Å²) in [5.74, 6) is -1.01. The van der Waals surface area contributed by atoms with E-state index in [1.165, 1.54) is 32.4 Å². The fourth-order valence-electron chi connectivity index (χ4n) is 1.30. The molecule has 0 aromatic heterocycles. The van der Waals surface area contributed by atoms with Gasteiger partial charge in [-0.25, -0.2) is 4.79 Å². The molecule has 21 heavy (non-hydrogen) atoms. The van der Waals surface area contributed by atoms with Gasteiger partial charge < -0.3 is 18.9 Å². The maximum Gasteiger partial charge on any atom is 0.382 e. The Labute approximate surface area is 125 Å². The second-order valence-electron chi connectivity index (χ2n) is 3.28. The van der Waals surface area contributed by atoms with Gasteiger partial charge in [-0.3, -0.25) is 4.79 Å². The van der Waals surface area contributed by atoms with Gasteiger partial charge in [-0.15, -0.1) is 0 Å². The number of benzene rings is 1. The molecule has 1 aromatic rings. The van der Waals surface area contributed by atoms with E-state index >= 15 is 0 Å².